The van der Waals surface area contributed by atoms with Gasteiger partial charge in [0.15, 0.2) is 5.72 Å². The lowest BCUT2D eigenvalue weighted by atomic mass is 9.95. The molecule has 0 saturated carbocycles. The second kappa shape index (κ2) is 5.58. The number of pyridine rings is 1. The molecule has 1 aliphatic rings. The van der Waals surface area contributed by atoms with Crippen LogP contribution in [0.4, 0.5) is 0 Å². The number of carbonyl (C=O) groups excluding carboxylic acids is 1. The predicted octanol–water partition coefficient (Wildman–Crippen LogP) is 2.93. The number of benzene rings is 2. The first-order chi connectivity index (χ1) is 11.7. The van der Waals surface area contributed by atoms with Gasteiger partial charge in [-0.25, -0.2) is 0 Å². The molecule has 1 aromatic heterocycles. The van der Waals surface area contributed by atoms with Gasteiger partial charge in [0.2, 0.25) is 0 Å². The van der Waals surface area contributed by atoms with Gasteiger partial charge in [-0.05, 0) is 17.7 Å². The molecule has 1 unspecified atom stereocenters. The summed E-state index contributed by atoms with van der Waals surface area (Å²) in [6.07, 6.45) is 1.58. The van der Waals surface area contributed by atoms with E-state index in [2.05, 4.69) is 4.98 Å². The van der Waals surface area contributed by atoms with Crippen molar-refractivity contribution in [3.05, 3.63) is 101 Å². The molecule has 1 aliphatic heterocycles. The van der Waals surface area contributed by atoms with Gasteiger partial charge in [0.1, 0.15) is 5.69 Å². The van der Waals surface area contributed by atoms with Crippen molar-refractivity contribution in [1.82, 2.24) is 9.88 Å². The fraction of sp³-hybridized carbons (Fsp3) is 0.100. The molecule has 1 atom stereocenters. The summed E-state index contributed by atoms with van der Waals surface area (Å²) in [6, 6.07) is 22.4. The lowest BCUT2D eigenvalue weighted by molar-refractivity contribution is -0.0542. The maximum absolute atomic E-state index is 12.9. The maximum Gasteiger partial charge on any atom is 0.276 e. The molecule has 0 aliphatic carbocycles. The molecule has 0 fully saturated rings. The molecule has 1 N–H and O–H groups in total. The monoisotopic (exact) mass is 316 g/mol. The van der Waals surface area contributed by atoms with Crippen molar-refractivity contribution in [3.8, 4) is 0 Å². The van der Waals surface area contributed by atoms with Gasteiger partial charge in [-0.15, -0.1) is 0 Å². The average Bonchev–Trinajstić information content (AvgIpc) is 2.87. The third kappa shape index (κ3) is 2.12. The summed E-state index contributed by atoms with van der Waals surface area (Å²) < 4.78 is 0. The van der Waals surface area contributed by atoms with Gasteiger partial charge in [0.25, 0.3) is 5.91 Å². The highest BCUT2D eigenvalue weighted by molar-refractivity contribution is 5.98. The van der Waals surface area contributed by atoms with Crippen molar-refractivity contribution in [2.75, 3.05) is 0 Å². The van der Waals surface area contributed by atoms with Crippen LogP contribution in [0.1, 0.15) is 27.2 Å². The number of amides is 1. The van der Waals surface area contributed by atoms with Crippen LogP contribution in [0.25, 0.3) is 0 Å². The third-order valence-electron chi connectivity index (χ3n) is 4.38. The van der Waals surface area contributed by atoms with E-state index in [9.17, 15) is 9.90 Å². The Morgan fingerprint density at radius 1 is 0.917 bits per heavy atom. The minimum Gasteiger partial charge on any atom is -0.363 e. The lowest BCUT2D eigenvalue weighted by Crippen LogP contribution is -2.44. The fourth-order valence-corrected chi connectivity index (χ4v) is 3.21. The number of aliphatic hydroxyl groups is 1. The molecule has 0 bridgehead atoms. The van der Waals surface area contributed by atoms with Crippen molar-refractivity contribution < 1.29 is 9.90 Å². The molecule has 2 aromatic carbocycles. The number of hydrogen-bond donors (Lipinski definition) is 1. The first kappa shape index (κ1) is 14.6. The van der Waals surface area contributed by atoms with Crippen LogP contribution in [-0.4, -0.2) is 20.9 Å². The van der Waals surface area contributed by atoms with Gasteiger partial charge in [0, 0.05) is 23.9 Å². The smallest absolute Gasteiger partial charge is 0.276 e. The Morgan fingerprint density at radius 3 is 2.29 bits per heavy atom. The zero-order valence-corrected chi connectivity index (χ0v) is 13.0. The predicted molar refractivity (Wildman–Crippen MR) is 90.0 cm³/mol. The Kier molecular flexibility index (Phi) is 3.40. The van der Waals surface area contributed by atoms with Gasteiger partial charge in [-0.1, -0.05) is 60.7 Å². The van der Waals surface area contributed by atoms with Crippen LogP contribution in [0.2, 0.25) is 0 Å². The van der Waals surface area contributed by atoms with Crippen LogP contribution in [0.3, 0.4) is 0 Å². The van der Waals surface area contributed by atoms with E-state index in [4.69, 9.17) is 0 Å². The Bertz CT molecular complexity index is 880. The van der Waals surface area contributed by atoms with E-state index >= 15 is 0 Å². The molecule has 4 nitrogen and oxygen atoms in total. The molecule has 0 spiro atoms. The first-order valence-electron chi connectivity index (χ1n) is 7.80. The molecule has 24 heavy (non-hydrogen) atoms. The minimum absolute atomic E-state index is 0.263. The summed E-state index contributed by atoms with van der Waals surface area (Å²) in [7, 11) is 0. The molecule has 118 valence electrons. The van der Waals surface area contributed by atoms with Crippen molar-refractivity contribution in [2.24, 2.45) is 0 Å². The molecular weight excluding hydrogens is 300 g/mol. The Hall–Kier alpha value is -2.98. The summed E-state index contributed by atoms with van der Waals surface area (Å²) in [4.78, 5) is 18.6. The number of fused-ring (bicyclic) bond motifs is 1. The van der Waals surface area contributed by atoms with Crippen molar-refractivity contribution in [1.29, 1.82) is 0 Å². The number of hydrogen-bond acceptors (Lipinski definition) is 3. The molecule has 0 saturated heterocycles. The summed E-state index contributed by atoms with van der Waals surface area (Å²) in [5.74, 6) is -0.263. The second-order valence-corrected chi connectivity index (χ2v) is 5.81. The largest absolute Gasteiger partial charge is 0.363 e. The van der Waals surface area contributed by atoms with E-state index < -0.39 is 5.72 Å². The zero-order valence-electron chi connectivity index (χ0n) is 13.0. The van der Waals surface area contributed by atoms with Crippen molar-refractivity contribution in [3.63, 3.8) is 0 Å². The fourth-order valence-electron chi connectivity index (χ4n) is 3.21. The van der Waals surface area contributed by atoms with Gasteiger partial charge < -0.3 is 5.11 Å². The number of aromatic nitrogens is 1. The Labute approximate surface area is 140 Å². The number of carbonyl (C=O) groups is 1. The van der Waals surface area contributed by atoms with Crippen molar-refractivity contribution >= 4 is 5.91 Å². The van der Waals surface area contributed by atoms with Gasteiger partial charge in [0.05, 0.1) is 0 Å². The van der Waals surface area contributed by atoms with Crippen molar-refractivity contribution in [2.45, 2.75) is 12.3 Å². The lowest BCUT2D eigenvalue weighted by Gasteiger charge is -2.34. The zero-order chi connectivity index (χ0) is 16.6. The highest BCUT2D eigenvalue weighted by atomic mass is 16.3. The normalized spacial score (nSPS) is 19.4. The topological polar surface area (TPSA) is 53.4 Å². The van der Waals surface area contributed by atoms with Crippen LogP contribution in [0.15, 0.2) is 79.0 Å². The summed E-state index contributed by atoms with van der Waals surface area (Å²) >= 11 is 0. The first-order valence-corrected chi connectivity index (χ1v) is 7.80. The standard InChI is InChI=1S/C20H16N2O2/c23-19-18-17(12-7-13-21-18)20(24,16-10-5-2-6-11-16)22(19)14-15-8-3-1-4-9-15/h1-13,24H,14H2. The Morgan fingerprint density at radius 2 is 1.58 bits per heavy atom. The Balaban J connectivity index is 1.87. The average molecular weight is 316 g/mol. The van der Waals surface area contributed by atoms with E-state index in [1.54, 1.807) is 18.3 Å². The van der Waals surface area contributed by atoms with Crippen LogP contribution >= 0.6 is 0 Å². The molecule has 1 amide bonds. The molecule has 2 heterocycles. The summed E-state index contributed by atoms with van der Waals surface area (Å²) in [5.41, 5.74) is 0.920. The van der Waals surface area contributed by atoms with E-state index in [0.717, 1.165) is 5.56 Å². The number of rotatable bonds is 3. The highest BCUT2D eigenvalue weighted by Gasteiger charge is 2.50. The van der Waals surface area contributed by atoms with Crippen LogP contribution < -0.4 is 0 Å². The van der Waals surface area contributed by atoms with Gasteiger partial charge in [-0.2, -0.15) is 0 Å². The van der Waals surface area contributed by atoms with Gasteiger partial charge >= 0.3 is 0 Å². The molecule has 3 aromatic rings. The summed E-state index contributed by atoms with van der Waals surface area (Å²) in [6.45, 7) is 0.307. The minimum atomic E-state index is -1.52. The molecular formula is C20H16N2O2. The third-order valence-corrected chi connectivity index (χ3v) is 4.38. The maximum atomic E-state index is 12.9. The van der Waals surface area contributed by atoms with Crippen LogP contribution in [0, 0.1) is 0 Å². The quantitative estimate of drug-likeness (QED) is 0.808. The van der Waals surface area contributed by atoms with Crippen LogP contribution in [0.5, 0.6) is 0 Å². The van der Waals surface area contributed by atoms with E-state index in [0.29, 0.717) is 23.4 Å². The van der Waals surface area contributed by atoms with E-state index in [-0.39, 0.29) is 5.91 Å². The van der Waals surface area contributed by atoms with Crippen LogP contribution in [-0.2, 0) is 12.3 Å². The second-order valence-electron chi connectivity index (χ2n) is 5.81. The summed E-state index contributed by atoms with van der Waals surface area (Å²) in [5, 5.41) is 11.6. The van der Waals surface area contributed by atoms with E-state index in [1.165, 1.54) is 4.90 Å². The van der Waals surface area contributed by atoms with E-state index in [1.807, 2.05) is 60.7 Å². The number of nitrogens with zero attached hydrogens (tertiary/aromatic N) is 2. The highest BCUT2D eigenvalue weighted by Crippen LogP contribution is 2.42. The molecule has 4 heteroatoms. The van der Waals surface area contributed by atoms with Gasteiger partial charge in [-0.3, -0.25) is 14.7 Å². The molecule has 4 rings (SSSR count). The molecule has 0 radical (unpaired) electrons. The SMILES string of the molecule is O=C1c2ncccc2C(O)(c2ccccc2)N1Cc1ccccc1.